The van der Waals surface area contributed by atoms with E-state index in [1.807, 2.05) is 0 Å². The SMILES string of the molecule is CC(C)COCCCNc1ncnc(Cl)c1[N+](=O)[O-]. The highest BCUT2D eigenvalue weighted by atomic mass is 35.5. The van der Waals surface area contributed by atoms with Crippen LogP contribution < -0.4 is 5.32 Å². The normalized spacial score (nSPS) is 10.7. The first kappa shape index (κ1) is 15.6. The number of ether oxygens (including phenoxy) is 1. The van der Waals surface area contributed by atoms with Gasteiger partial charge in [0.25, 0.3) is 0 Å². The Kier molecular flexibility index (Phi) is 6.44. The van der Waals surface area contributed by atoms with Gasteiger partial charge < -0.3 is 10.1 Å². The predicted octanol–water partition coefficient (Wildman–Crippen LogP) is 2.51. The summed E-state index contributed by atoms with van der Waals surface area (Å²) in [7, 11) is 0. The minimum Gasteiger partial charge on any atom is -0.381 e. The van der Waals surface area contributed by atoms with Crippen molar-refractivity contribution < 1.29 is 9.66 Å². The fourth-order valence-corrected chi connectivity index (χ4v) is 1.55. The molecule has 0 aliphatic rings. The van der Waals surface area contributed by atoms with Gasteiger partial charge >= 0.3 is 5.69 Å². The highest BCUT2D eigenvalue weighted by Gasteiger charge is 2.20. The lowest BCUT2D eigenvalue weighted by Crippen LogP contribution is -2.10. The van der Waals surface area contributed by atoms with E-state index in [4.69, 9.17) is 16.3 Å². The monoisotopic (exact) mass is 288 g/mol. The lowest BCUT2D eigenvalue weighted by atomic mass is 10.2. The number of rotatable bonds is 8. The van der Waals surface area contributed by atoms with Gasteiger partial charge in [-0.25, -0.2) is 9.97 Å². The molecule has 1 aromatic rings. The summed E-state index contributed by atoms with van der Waals surface area (Å²) in [6.45, 7) is 5.97. The van der Waals surface area contributed by atoms with Crippen molar-refractivity contribution >= 4 is 23.1 Å². The third-order valence-corrected chi connectivity index (χ3v) is 2.45. The molecule has 19 heavy (non-hydrogen) atoms. The van der Waals surface area contributed by atoms with E-state index in [0.29, 0.717) is 25.7 Å². The molecule has 0 saturated carbocycles. The van der Waals surface area contributed by atoms with Crippen LogP contribution in [0.3, 0.4) is 0 Å². The summed E-state index contributed by atoms with van der Waals surface area (Å²) in [5.74, 6) is 0.628. The van der Waals surface area contributed by atoms with Crippen molar-refractivity contribution in [1.82, 2.24) is 9.97 Å². The summed E-state index contributed by atoms with van der Waals surface area (Å²) in [5, 5.41) is 13.5. The lowest BCUT2D eigenvalue weighted by molar-refractivity contribution is -0.384. The van der Waals surface area contributed by atoms with Gasteiger partial charge in [0.1, 0.15) is 6.33 Å². The lowest BCUT2D eigenvalue weighted by Gasteiger charge is -2.08. The van der Waals surface area contributed by atoms with Crippen LogP contribution in [0.15, 0.2) is 6.33 Å². The van der Waals surface area contributed by atoms with Crippen molar-refractivity contribution in [2.45, 2.75) is 20.3 Å². The predicted molar refractivity (Wildman–Crippen MR) is 72.5 cm³/mol. The molecule has 106 valence electrons. The van der Waals surface area contributed by atoms with Crippen LogP contribution >= 0.6 is 11.6 Å². The van der Waals surface area contributed by atoms with Crippen molar-refractivity contribution in [2.75, 3.05) is 25.1 Å². The van der Waals surface area contributed by atoms with E-state index < -0.39 is 4.92 Å². The highest BCUT2D eigenvalue weighted by Crippen LogP contribution is 2.27. The standard InChI is InChI=1S/C11H17ClN4O3/c1-8(2)6-19-5-3-4-13-11-9(16(17)18)10(12)14-7-15-11/h7-8H,3-6H2,1-2H3,(H,13,14,15). The number of nitrogens with zero attached hydrogens (tertiary/aromatic N) is 3. The number of nitro groups is 1. The van der Waals surface area contributed by atoms with Crippen LogP contribution in [0, 0.1) is 16.0 Å². The largest absolute Gasteiger partial charge is 0.381 e. The molecule has 8 heteroatoms. The Balaban J connectivity index is 2.41. The van der Waals surface area contributed by atoms with Gasteiger partial charge in [-0.2, -0.15) is 0 Å². The van der Waals surface area contributed by atoms with Gasteiger partial charge in [0.05, 0.1) is 4.92 Å². The van der Waals surface area contributed by atoms with Crippen molar-refractivity contribution in [2.24, 2.45) is 5.92 Å². The van der Waals surface area contributed by atoms with Gasteiger partial charge in [-0.15, -0.1) is 0 Å². The first-order chi connectivity index (χ1) is 9.02. The first-order valence-electron chi connectivity index (χ1n) is 5.99. The zero-order chi connectivity index (χ0) is 14.3. The minimum atomic E-state index is -0.597. The Hall–Kier alpha value is -1.47. The molecule has 0 aliphatic heterocycles. The van der Waals surface area contributed by atoms with E-state index in [9.17, 15) is 10.1 Å². The van der Waals surface area contributed by atoms with Crippen LogP contribution in [0.4, 0.5) is 11.5 Å². The number of halogens is 1. The number of aromatic nitrogens is 2. The Labute approximate surface area is 116 Å². The molecule has 0 unspecified atom stereocenters. The van der Waals surface area contributed by atoms with Gasteiger partial charge in [0.15, 0.2) is 0 Å². The summed E-state index contributed by atoms with van der Waals surface area (Å²) in [6, 6.07) is 0. The van der Waals surface area contributed by atoms with Gasteiger partial charge in [-0.05, 0) is 12.3 Å². The van der Waals surface area contributed by atoms with Gasteiger partial charge in [0.2, 0.25) is 11.0 Å². The second kappa shape index (κ2) is 7.85. The molecule has 0 radical (unpaired) electrons. The maximum Gasteiger partial charge on any atom is 0.348 e. The number of hydrogen-bond acceptors (Lipinski definition) is 6. The molecule has 0 aromatic carbocycles. The van der Waals surface area contributed by atoms with Gasteiger partial charge in [-0.3, -0.25) is 10.1 Å². The van der Waals surface area contributed by atoms with Crippen LogP contribution in [0.25, 0.3) is 0 Å². The van der Waals surface area contributed by atoms with Crippen molar-refractivity contribution in [3.8, 4) is 0 Å². The van der Waals surface area contributed by atoms with E-state index in [1.54, 1.807) is 0 Å². The average molecular weight is 289 g/mol. The quantitative estimate of drug-likeness (QED) is 0.342. The van der Waals surface area contributed by atoms with Crippen molar-refractivity contribution in [3.63, 3.8) is 0 Å². The Morgan fingerprint density at radius 2 is 2.26 bits per heavy atom. The van der Waals surface area contributed by atoms with Crippen molar-refractivity contribution in [3.05, 3.63) is 21.6 Å². The second-order valence-electron chi connectivity index (χ2n) is 4.37. The molecular weight excluding hydrogens is 272 g/mol. The van der Waals surface area contributed by atoms with Crippen LogP contribution in [0.2, 0.25) is 5.15 Å². The molecular formula is C11H17ClN4O3. The maximum absolute atomic E-state index is 10.8. The van der Waals surface area contributed by atoms with Crippen LogP contribution in [-0.2, 0) is 4.74 Å². The molecule has 1 N–H and O–H groups in total. The van der Waals surface area contributed by atoms with Gasteiger partial charge in [0, 0.05) is 19.8 Å². The molecule has 0 fully saturated rings. The third kappa shape index (κ3) is 5.35. The molecule has 0 atom stereocenters. The fourth-order valence-electron chi connectivity index (χ4n) is 1.35. The number of hydrogen-bond donors (Lipinski definition) is 1. The first-order valence-corrected chi connectivity index (χ1v) is 6.36. The highest BCUT2D eigenvalue weighted by molar-refractivity contribution is 6.31. The average Bonchev–Trinajstić information content (AvgIpc) is 2.32. The molecule has 0 amide bonds. The van der Waals surface area contributed by atoms with E-state index in [2.05, 4.69) is 29.1 Å². The Bertz CT molecular complexity index is 428. The van der Waals surface area contributed by atoms with Crippen LogP contribution in [-0.4, -0.2) is 34.6 Å². The zero-order valence-electron chi connectivity index (χ0n) is 10.9. The second-order valence-corrected chi connectivity index (χ2v) is 4.73. The Morgan fingerprint density at radius 3 is 2.89 bits per heavy atom. The summed E-state index contributed by atoms with van der Waals surface area (Å²) < 4.78 is 5.40. The molecule has 0 bridgehead atoms. The zero-order valence-corrected chi connectivity index (χ0v) is 11.7. The van der Waals surface area contributed by atoms with E-state index in [1.165, 1.54) is 6.33 Å². The molecule has 1 aromatic heterocycles. The molecule has 0 saturated heterocycles. The minimum absolute atomic E-state index is 0.133. The van der Waals surface area contributed by atoms with Gasteiger partial charge in [-0.1, -0.05) is 25.4 Å². The molecule has 1 heterocycles. The fraction of sp³-hybridized carbons (Fsp3) is 0.636. The molecule has 7 nitrogen and oxygen atoms in total. The molecule has 0 aliphatic carbocycles. The number of nitrogens with one attached hydrogen (secondary N) is 1. The van der Waals surface area contributed by atoms with E-state index in [-0.39, 0.29) is 16.7 Å². The van der Waals surface area contributed by atoms with Crippen molar-refractivity contribution in [1.29, 1.82) is 0 Å². The molecule has 0 spiro atoms. The molecule has 1 rings (SSSR count). The Morgan fingerprint density at radius 1 is 1.53 bits per heavy atom. The summed E-state index contributed by atoms with van der Waals surface area (Å²) in [4.78, 5) is 17.6. The topological polar surface area (TPSA) is 90.2 Å². The van der Waals surface area contributed by atoms with E-state index >= 15 is 0 Å². The summed E-state index contributed by atoms with van der Waals surface area (Å²) in [6.07, 6.45) is 1.92. The van der Waals surface area contributed by atoms with Crippen LogP contribution in [0.1, 0.15) is 20.3 Å². The summed E-state index contributed by atoms with van der Waals surface area (Å²) >= 11 is 5.66. The number of anilines is 1. The summed E-state index contributed by atoms with van der Waals surface area (Å²) in [5.41, 5.74) is -0.299. The van der Waals surface area contributed by atoms with Crippen LogP contribution in [0.5, 0.6) is 0 Å². The third-order valence-electron chi connectivity index (χ3n) is 2.17. The maximum atomic E-state index is 10.8. The van der Waals surface area contributed by atoms with E-state index in [0.717, 1.165) is 6.42 Å². The smallest absolute Gasteiger partial charge is 0.348 e.